The van der Waals surface area contributed by atoms with Gasteiger partial charge in [-0.05, 0) is 12.8 Å². The van der Waals surface area contributed by atoms with Gasteiger partial charge in [-0.25, -0.2) is 0 Å². The van der Waals surface area contributed by atoms with Gasteiger partial charge in [-0.15, -0.1) is 0 Å². The molecule has 0 radical (unpaired) electrons. The molecule has 0 aromatic heterocycles. The number of quaternary nitrogens is 2. The molecule has 0 aliphatic heterocycles. The van der Waals surface area contributed by atoms with Gasteiger partial charge in [-0.3, -0.25) is 0 Å². The summed E-state index contributed by atoms with van der Waals surface area (Å²) in [4.78, 5) is 0. The number of unbranched alkanes of at least 4 members (excludes halogenated alkanes) is 6. The first-order valence-electron chi connectivity index (χ1n) is 8.39. The molecule has 0 rings (SSSR count). The second kappa shape index (κ2) is 14.1. The maximum Gasteiger partial charge on any atom is 0.0836 e. The molecular formula is C17H40Cl2N2. The van der Waals surface area contributed by atoms with Gasteiger partial charge >= 0.3 is 0 Å². The van der Waals surface area contributed by atoms with Crippen molar-refractivity contribution in [2.45, 2.75) is 58.3 Å². The van der Waals surface area contributed by atoms with Crippen molar-refractivity contribution in [2.75, 3.05) is 54.9 Å². The maximum absolute atomic E-state index is 2.40. The summed E-state index contributed by atoms with van der Waals surface area (Å²) in [5.41, 5.74) is 0. The topological polar surface area (TPSA) is 0 Å². The van der Waals surface area contributed by atoms with E-state index in [1.54, 1.807) is 0 Å². The van der Waals surface area contributed by atoms with Gasteiger partial charge in [0.1, 0.15) is 0 Å². The van der Waals surface area contributed by atoms with Gasteiger partial charge in [-0.1, -0.05) is 39.0 Å². The van der Waals surface area contributed by atoms with Crippen LogP contribution in [0.2, 0.25) is 0 Å². The summed E-state index contributed by atoms with van der Waals surface area (Å²) in [7, 11) is 11.7. The van der Waals surface area contributed by atoms with Crippen LogP contribution in [0.25, 0.3) is 0 Å². The van der Waals surface area contributed by atoms with Gasteiger partial charge in [0.15, 0.2) is 0 Å². The third-order valence-electron chi connectivity index (χ3n) is 3.96. The van der Waals surface area contributed by atoms with E-state index in [0.717, 1.165) is 4.48 Å². The van der Waals surface area contributed by atoms with Gasteiger partial charge in [0.05, 0.1) is 54.9 Å². The number of hydrogen-bond donors (Lipinski definition) is 0. The Bertz CT molecular complexity index is 213. The fraction of sp³-hybridized carbons (Fsp3) is 1.00. The van der Waals surface area contributed by atoms with Crippen LogP contribution in [0.4, 0.5) is 0 Å². The van der Waals surface area contributed by atoms with Gasteiger partial charge < -0.3 is 33.8 Å². The number of rotatable bonds is 12. The summed E-state index contributed by atoms with van der Waals surface area (Å²) in [6.45, 7) is 6.26. The number of hydrogen-bond acceptors (Lipinski definition) is 0. The van der Waals surface area contributed by atoms with E-state index in [4.69, 9.17) is 0 Å². The molecular weight excluding hydrogens is 303 g/mol. The Balaban J connectivity index is -0.00000162. The average Bonchev–Trinajstić information content (AvgIpc) is 2.25. The van der Waals surface area contributed by atoms with Gasteiger partial charge in [0, 0.05) is 6.42 Å². The molecule has 21 heavy (non-hydrogen) atoms. The van der Waals surface area contributed by atoms with Crippen LogP contribution in [0.1, 0.15) is 58.3 Å². The Hall–Kier alpha value is 0.500. The Morgan fingerprint density at radius 3 is 1.43 bits per heavy atom. The Kier molecular flexibility index (Phi) is 17.7. The summed E-state index contributed by atoms with van der Waals surface area (Å²) in [6.07, 6.45) is 11.3. The fourth-order valence-corrected chi connectivity index (χ4v) is 2.58. The number of halogens is 2. The molecule has 0 amide bonds. The molecule has 0 saturated heterocycles. The predicted octanol–water partition coefficient (Wildman–Crippen LogP) is -2.08. The first-order chi connectivity index (χ1) is 8.77. The summed E-state index contributed by atoms with van der Waals surface area (Å²) in [5.74, 6) is 0. The van der Waals surface area contributed by atoms with Crippen LogP contribution in [0.3, 0.4) is 0 Å². The Morgan fingerprint density at radius 1 is 0.524 bits per heavy atom. The van der Waals surface area contributed by atoms with Gasteiger partial charge in [0.25, 0.3) is 0 Å². The highest BCUT2D eigenvalue weighted by molar-refractivity contribution is 4.46. The molecule has 0 saturated carbocycles. The highest BCUT2D eigenvalue weighted by Gasteiger charge is 2.16. The second-order valence-electron chi connectivity index (χ2n) is 7.87. The molecule has 0 atom stereocenters. The molecule has 0 unspecified atom stereocenters. The fourth-order valence-electron chi connectivity index (χ4n) is 2.58. The molecule has 0 aromatic rings. The van der Waals surface area contributed by atoms with E-state index in [-0.39, 0.29) is 24.8 Å². The van der Waals surface area contributed by atoms with Crippen LogP contribution in [0.15, 0.2) is 0 Å². The Morgan fingerprint density at radius 2 is 0.952 bits per heavy atom. The lowest BCUT2D eigenvalue weighted by Gasteiger charge is -2.31. The minimum atomic E-state index is 0. The second-order valence-corrected chi connectivity index (χ2v) is 7.87. The predicted molar refractivity (Wildman–Crippen MR) is 87.4 cm³/mol. The summed E-state index contributed by atoms with van der Waals surface area (Å²) < 4.78 is 2.30. The smallest absolute Gasteiger partial charge is 0.0836 e. The normalized spacial score (nSPS) is 11.7. The van der Waals surface area contributed by atoms with Crippen LogP contribution in [-0.4, -0.2) is 63.8 Å². The largest absolute Gasteiger partial charge is 1.00 e. The molecule has 0 N–H and O–H groups in total. The lowest BCUT2D eigenvalue weighted by molar-refractivity contribution is -0.902. The summed E-state index contributed by atoms with van der Waals surface area (Å²) in [6, 6.07) is 0. The number of nitrogens with zero attached hydrogens (tertiary/aromatic N) is 2. The maximum atomic E-state index is 2.40. The van der Waals surface area contributed by atoms with E-state index >= 15 is 0 Å². The zero-order valence-electron chi connectivity index (χ0n) is 15.4. The van der Waals surface area contributed by atoms with Crippen molar-refractivity contribution < 1.29 is 33.8 Å². The van der Waals surface area contributed by atoms with Crippen molar-refractivity contribution >= 4 is 0 Å². The van der Waals surface area contributed by atoms with E-state index in [0.29, 0.717) is 0 Å². The van der Waals surface area contributed by atoms with E-state index in [9.17, 15) is 0 Å². The minimum Gasteiger partial charge on any atom is -1.00 e. The first-order valence-corrected chi connectivity index (χ1v) is 8.39. The first kappa shape index (κ1) is 26.4. The molecule has 0 aliphatic carbocycles. The van der Waals surface area contributed by atoms with Crippen LogP contribution < -0.4 is 24.8 Å². The molecule has 0 fully saturated rings. The Labute approximate surface area is 147 Å². The van der Waals surface area contributed by atoms with Crippen LogP contribution >= 0.6 is 0 Å². The molecule has 132 valence electrons. The van der Waals surface area contributed by atoms with E-state index in [1.807, 2.05) is 0 Å². The zero-order chi connectivity index (χ0) is 14.8. The van der Waals surface area contributed by atoms with Crippen molar-refractivity contribution in [3.63, 3.8) is 0 Å². The van der Waals surface area contributed by atoms with Crippen molar-refractivity contribution in [3.8, 4) is 0 Å². The zero-order valence-corrected chi connectivity index (χ0v) is 16.9. The summed E-state index contributed by atoms with van der Waals surface area (Å²) >= 11 is 0. The van der Waals surface area contributed by atoms with E-state index < -0.39 is 0 Å². The van der Waals surface area contributed by atoms with E-state index in [2.05, 4.69) is 42.2 Å². The van der Waals surface area contributed by atoms with Crippen LogP contribution in [0.5, 0.6) is 0 Å². The molecule has 4 heteroatoms. The lowest BCUT2D eigenvalue weighted by atomic mass is 10.1. The molecule has 0 aliphatic rings. The molecule has 0 bridgehead atoms. The quantitative estimate of drug-likeness (QED) is 0.282. The molecule has 2 nitrogen and oxygen atoms in total. The third kappa shape index (κ3) is 20.5. The molecule has 0 spiro atoms. The van der Waals surface area contributed by atoms with Crippen molar-refractivity contribution in [1.82, 2.24) is 0 Å². The van der Waals surface area contributed by atoms with Crippen LogP contribution in [0, 0.1) is 0 Å². The minimum absolute atomic E-state index is 0. The summed E-state index contributed by atoms with van der Waals surface area (Å²) in [5, 5.41) is 0. The molecule has 0 heterocycles. The highest BCUT2D eigenvalue weighted by Crippen LogP contribution is 2.10. The van der Waals surface area contributed by atoms with Gasteiger partial charge in [0.2, 0.25) is 0 Å². The van der Waals surface area contributed by atoms with Crippen molar-refractivity contribution in [3.05, 3.63) is 0 Å². The van der Waals surface area contributed by atoms with Crippen molar-refractivity contribution in [1.29, 1.82) is 0 Å². The van der Waals surface area contributed by atoms with Gasteiger partial charge in [-0.2, -0.15) is 0 Å². The van der Waals surface area contributed by atoms with E-state index in [1.165, 1.54) is 75.5 Å². The third-order valence-corrected chi connectivity index (χ3v) is 3.96. The van der Waals surface area contributed by atoms with Crippen LogP contribution in [-0.2, 0) is 0 Å². The highest BCUT2D eigenvalue weighted by atomic mass is 35.5. The molecule has 0 aromatic carbocycles. The van der Waals surface area contributed by atoms with Crippen molar-refractivity contribution in [2.24, 2.45) is 0 Å². The lowest BCUT2D eigenvalue weighted by Crippen LogP contribution is -3.00. The monoisotopic (exact) mass is 342 g/mol. The SMILES string of the molecule is CCCCCCCCC[N+](C)(C)CCC[N+](C)(C)C.[Cl-].[Cl-]. The average molecular weight is 343 g/mol. The standard InChI is InChI=1S/C17H40N2.2ClH/c1-7-8-9-10-11-12-13-16-19(5,6)17-14-15-18(2,3)4;;/h7-17H2,1-6H3;2*1H/q+2;;/p-2.